The Bertz CT molecular complexity index is 437. The molecule has 1 atom stereocenters. The van der Waals surface area contributed by atoms with Gasteiger partial charge in [0.1, 0.15) is 0 Å². The summed E-state index contributed by atoms with van der Waals surface area (Å²) in [7, 11) is -3.61. The van der Waals surface area contributed by atoms with Gasteiger partial charge in [0.25, 0.3) is 10.1 Å². The lowest BCUT2D eigenvalue weighted by Gasteiger charge is -2.13. The third kappa shape index (κ3) is 3.06. The first kappa shape index (κ1) is 13.2. The van der Waals surface area contributed by atoms with Gasteiger partial charge in [-0.05, 0) is 31.4 Å². The van der Waals surface area contributed by atoms with Crippen molar-refractivity contribution in [2.75, 3.05) is 0 Å². The summed E-state index contributed by atoms with van der Waals surface area (Å²) in [4.78, 5) is 0.290. The van der Waals surface area contributed by atoms with E-state index >= 15 is 0 Å². The molecule has 0 N–H and O–H groups in total. The quantitative estimate of drug-likeness (QED) is 0.746. The molecule has 0 saturated heterocycles. The number of rotatable bonds is 5. The number of hydrogen-bond acceptors (Lipinski definition) is 3. The van der Waals surface area contributed by atoms with Gasteiger partial charge in [0.05, 0.1) is 11.0 Å². The van der Waals surface area contributed by atoms with E-state index in [1.165, 1.54) is 0 Å². The van der Waals surface area contributed by atoms with E-state index < -0.39 is 10.1 Å². The van der Waals surface area contributed by atoms with Crippen LogP contribution in [0.4, 0.5) is 0 Å². The first-order valence-electron chi connectivity index (χ1n) is 5.52. The van der Waals surface area contributed by atoms with Crippen LogP contribution in [-0.2, 0) is 20.7 Å². The van der Waals surface area contributed by atoms with E-state index in [1.807, 2.05) is 26.0 Å². The van der Waals surface area contributed by atoms with Crippen molar-refractivity contribution in [2.45, 2.75) is 44.6 Å². The van der Waals surface area contributed by atoms with Crippen molar-refractivity contribution < 1.29 is 12.6 Å². The van der Waals surface area contributed by atoms with E-state index in [4.69, 9.17) is 4.18 Å². The zero-order valence-corrected chi connectivity index (χ0v) is 10.8. The van der Waals surface area contributed by atoms with Crippen LogP contribution >= 0.6 is 0 Å². The van der Waals surface area contributed by atoms with E-state index in [1.54, 1.807) is 19.1 Å². The molecule has 0 fully saturated rings. The highest BCUT2D eigenvalue weighted by Gasteiger charge is 2.20. The summed E-state index contributed by atoms with van der Waals surface area (Å²) in [5.41, 5.74) is 0.797. The molecule has 0 saturated carbocycles. The number of hydrogen-bond donors (Lipinski definition) is 0. The Morgan fingerprint density at radius 2 is 1.88 bits per heavy atom. The maximum atomic E-state index is 12.0. The zero-order valence-electron chi connectivity index (χ0n) is 9.93. The molecule has 1 rings (SSSR count). The van der Waals surface area contributed by atoms with Crippen molar-refractivity contribution in [3.8, 4) is 0 Å². The van der Waals surface area contributed by atoms with Crippen LogP contribution in [0.1, 0.15) is 32.8 Å². The summed E-state index contributed by atoms with van der Waals surface area (Å²) >= 11 is 0. The largest absolute Gasteiger partial charge is 0.297 e. The Labute approximate surface area is 97.6 Å². The molecule has 16 heavy (non-hydrogen) atoms. The molecule has 3 nitrogen and oxygen atoms in total. The second-order valence-corrected chi connectivity index (χ2v) is 5.27. The highest BCUT2D eigenvalue weighted by molar-refractivity contribution is 7.86. The summed E-state index contributed by atoms with van der Waals surface area (Å²) in [5, 5.41) is 0. The Morgan fingerprint density at radius 1 is 1.25 bits per heavy atom. The van der Waals surface area contributed by atoms with Crippen LogP contribution in [0.25, 0.3) is 0 Å². The van der Waals surface area contributed by atoms with Gasteiger partial charge in [0.2, 0.25) is 0 Å². The highest BCUT2D eigenvalue weighted by atomic mass is 32.2. The molecule has 1 aromatic carbocycles. The van der Waals surface area contributed by atoms with Crippen molar-refractivity contribution in [1.82, 2.24) is 0 Å². The zero-order chi connectivity index (χ0) is 12.2. The molecule has 0 heterocycles. The predicted molar refractivity (Wildman–Crippen MR) is 63.8 cm³/mol. The Balaban J connectivity index is 3.07. The molecule has 1 unspecified atom stereocenters. The smallest absolute Gasteiger partial charge is 0.263 e. The molecule has 0 aromatic heterocycles. The minimum atomic E-state index is -3.61. The van der Waals surface area contributed by atoms with Crippen LogP contribution in [0.5, 0.6) is 0 Å². The number of benzene rings is 1. The van der Waals surface area contributed by atoms with E-state index in [9.17, 15) is 8.42 Å². The lowest BCUT2D eigenvalue weighted by Crippen LogP contribution is -2.16. The fourth-order valence-electron chi connectivity index (χ4n) is 1.38. The number of aryl methyl sites for hydroxylation is 1. The second-order valence-electron chi connectivity index (χ2n) is 3.73. The Morgan fingerprint density at radius 3 is 2.44 bits per heavy atom. The van der Waals surface area contributed by atoms with E-state index in [-0.39, 0.29) is 11.0 Å². The first-order chi connectivity index (χ1) is 7.51. The Kier molecular flexibility index (Phi) is 4.50. The summed E-state index contributed by atoms with van der Waals surface area (Å²) in [6.07, 6.45) is 1.07. The molecule has 0 spiro atoms. The van der Waals surface area contributed by atoms with Gasteiger partial charge in [-0.1, -0.05) is 32.0 Å². The van der Waals surface area contributed by atoms with Crippen LogP contribution in [0, 0.1) is 0 Å². The lowest BCUT2D eigenvalue weighted by molar-refractivity contribution is 0.224. The Hall–Kier alpha value is -0.870. The van der Waals surface area contributed by atoms with Crippen molar-refractivity contribution in [3.05, 3.63) is 29.8 Å². The van der Waals surface area contributed by atoms with Gasteiger partial charge in [-0.25, -0.2) is 0 Å². The van der Waals surface area contributed by atoms with Crippen LogP contribution in [0.2, 0.25) is 0 Å². The second kappa shape index (κ2) is 5.46. The molecule has 0 aliphatic rings. The third-order valence-corrected chi connectivity index (χ3v) is 4.01. The fourth-order valence-corrected chi connectivity index (χ4v) is 2.83. The minimum Gasteiger partial charge on any atom is -0.263 e. The molecule has 0 bridgehead atoms. The van der Waals surface area contributed by atoms with E-state index in [0.29, 0.717) is 12.8 Å². The van der Waals surface area contributed by atoms with Crippen molar-refractivity contribution >= 4 is 10.1 Å². The topological polar surface area (TPSA) is 43.4 Å². The third-order valence-electron chi connectivity index (χ3n) is 2.49. The monoisotopic (exact) mass is 242 g/mol. The maximum Gasteiger partial charge on any atom is 0.297 e. The molecule has 0 amide bonds. The van der Waals surface area contributed by atoms with Gasteiger partial charge < -0.3 is 0 Å². The van der Waals surface area contributed by atoms with Gasteiger partial charge >= 0.3 is 0 Å². The normalized spacial score (nSPS) is 13.7. The van der Waals surface area contributed by atoms with E-state index in [0.717, 1.165) is 5.56 Å². The standard InChI is InChI=1S/C12H18O3S/c1-4-10(3)15-16(13,14)12-9-7-6-8-11(12)5-2/h6-10H,4-5H2,1-3H3. The summed E-state index contributed by atoms with van der Waals surface area (Å²) in [6.45, 7) is 5.58. The highest BCUT2D eigenvalue weighted by Crippen LogP contribution is 2.20. The molecule has 0 aliphatic heterocycles. The SMILES string of the molecule is CCc1ccccc1S(=O)(=O)OC(C)CC. The van der Waals surface area contributed by atoms with Gasteiger partial charge in [-0.3, -0.25) is 4.18 Å². The minimum absolute atomic E-state index is 0.282. The van der Waals surface area contributed by atoms with E-state index in [2.05, 4.69) is 0 Å². The van der Waals surface area contributed by atoms with Crippen molar-refractivity contribution in [3.63, 3.8) is 0 Å². The van der Waals surface area contributed by atoms with Gasteiger partial charge in [-0.15, -0.1) is 0 Å². The fraction of sp³-hybridized carbons (Fsp3) is 0.500. The van der Waals surface area contributed by atoms with Crippen molar-refractivity contribution in [1.29, 1.82) is 0 Å². The molecular formula is C12H18O3S. The first-order valence-corrected chi connectivity index (χ1v) is 6.93. The molecule has 1 aromatic rings. The molecule has 90 valence electrons. The molecule has 0 radical (unpaired) electrons. The molecule has 4 heteroatoms. The maximum absolute atomic E-state index is 12.0. The summed E-state index contributed by atoms with van der Waals surface area (Å²) < 4.78 is 29.0. The average Bonchev–Trinajstić information content (AvgIpc) is 2.28. The molecular weight excluding hydrogens is 224 g/mol. The van der Waals surface area contributed by atoms with Crippen LogP contribution in [0.15, 0.2) is 29.2 Å². The van der Waals surface area contributed by atoms with Crippen LogP contribution in [-0.4, -0.2) is 14.5 Å². The lowest BCUT2D eigenvalue weighted by atomic mass is 10.2. The molecule has 0 aliphatic carbocycles. The predicted octanol–water partition coefficient (Wildman–Crippen LogP) is 2.75. The van der Waals surface area contributed by atoms with Gasteiger partial charge in [0, 0.05) is 0 Å². The summed E-state index contributed by atoms with van der Waals surface area (Å²) in [6, 6.07) is 6.95. The summed E-state index contributed by atoms with van der Waals surface area (Å²) in [5.74, 6) is 0. The van der Waals surface area contributed by atoms with Gasteiger partial charge in [-0.2, -0.15) is 8.42 Å². The van der Waals surface area contributed by atoms with Crippen LogP contribution < -0.4 is 0 Å². The average molecular weight is 242 g/mol. The van der Waals surface area contributed by atoms with Gasteiger partial charge in [0.15, 0.2) is 0 Å². The van der Waals surface area contributed by atoms with Crippen molar-refractivity contribution in [2.24, 2.45) is 0 Å². The van der Waals surface area contributed by atoms with Crippen LogP contribution in [0.3, 0.4) is 0 Å².